The molecular formula is C18H24N2O. The van der Waals surface area contributed by atoms with Crippen LogP contribution in [0.2, 0.25) is 0 Å². The van der Waals surface area contributed by atoms with E-state index < -0.39 is 0 Å². The molecule has 2 rings (SSSR count). The predicted molar refractivity (Wildman–Crippen MR) is 88.4 cm³/mol. The van der Waals surface area contributed by atoms with E-state index in [4.69, 9.17) is 5.73 Å². The average Bonchev–Trinajstić information content (AvgIpc) is 2.49. The first-order chi connectivity index (χ1) is 10.1. The van der Waals surface area contributed by atoms with E-state index in [1.165, 1.54) is 5.56 Å². The Bertz CT molecular complexity index is 654. The van der Waals surface area contributed by atoms with Crippen LogP contribution in [0, 0.1) is 0 Å². The second-order valence-corrected chi connectivity index (χ2v) is 5.47. The molecule has 1 heterocycles. The summed E-state index contributed by atoms with van der Waals surface area (Å²) in [5, 5.41) is 0. The molecule has 0 aliphatic heterocycles. The fourth-order valence-corrected chi connectivity index (χ4v) is 2.55. The van der Waals surface area contributed by atoms with Crippen LogP contribution in [0.5, 0.6) is 0 Å². The molecule has 3 heteroatoms. The van der Waals surface area contributed by atoms with Gasteiger partial charge in [-0.1, -0.05) is 38.1 Å². The third-order valence-electron chi connectivity index (χ3n) is 3.80. The molecule has 0 saturated heterocycles. The van der Waals surface area contributed by atoms with Gasteiger partial charge in [0.15, 0.2) is 0 Å². The molecule has 1 unspecified atom stereocenters. The molecule has 0 aliphatic carbocycles. The van der Waals surface area contributed by atoms with Crippen molar-refractivity contribution in [3.8, 4) is 11.3 Å². The zero-order chi connectivity index (χ0) is 15.4. The van der Waals surface area contributed by atoms with Gasteiger partial charge in [-0.25, -0.2) is 0 Å². The highest BCUT2D eigenvalue weighted by molar-refractivity contribution is 5.60. The van der Waals surface area contributed by atoms with Gasteiger partial charge in [0.1, 0.15) is 0 Å². The molecule has 0 bridgehead atoms. The summed E-state index contributed by atoms with van der Waals surface area (Å²) in [6.45, 7) is 6.78. The minimum Gasteiger partial charge on any atom is -0.324 e. The molecule has 1 aromatic carbocycles. The van der Waals surface area contributed by atoms with Crippen LogP contribution in [0.4, 0.5) is 0 Å². The highest BCUT2D eigenvalue weighted by atomic mass is 16.1. The monoisotopic (exact) mass is 284 g/mol. The van der Waals surface area contributed by atoms with E-state index in [1.807, 2.05) is 23.6 Å². The van der Waals surface area contributed by atoms with Crippen LogP contribution in [-0.2, 0) is 13.0 Å². The van der Waals surface area contributed by atoms with Gasteiger partial charge in [-0.15, -0.1) is 0 Å². The van der Waals surface area contributed by atoms with Crippen molar-refractivity contribution >= 4 is 0 Å². The molecule has 21 heavy (non-hydrogen) atoms. The first kappa shape index (κ1) is 15.5. The highest BCUT2D eigenvalue weighted by Crippen LogP contribution is 2.20. The lowest BCUT2D eigenvalue weighted by Gasteiger charge is -2.16. The number of aromatic nitrogens is 1. The topological polar surface area (TPSA) is 48.0 Å². The largest absolute Gasteiger partial charge is 0.324 e. The van der Waals surface area contributed by atoms with Crippen molar-refractivity contribution < 1.29 is 0 Å². The minimum atomic E-state index is -0.239. The van der Waals surface area contributed by atoms with Crippen molar-refractivity contribution in [3.63, 3.8) is 0 Å². The van der Waals surface area contributed by atoms with Crippen molar-refractivity contribution in [1.29, 1.82) is 0 Å². The molecule has 2 N–H and O–H groups in total. The summed E-state index contributed by atoms with van der Waals surface area (Å²) >= 11 is 0. The Kier molecular flexibility index (Phi) is 4.97. The van der Waals surface area contributed by atoms with Gasteiger partial charge in [-0.3, -0.25) is 4.79 Å². The number of nitrogens with two attached hydrogens (primary N) is 1. The van der Waals surface area contributed by atoms with Crippen molar-refractivity contribution in [2.45, 2.75) is 46.2 Å². The van der Waals surface area contributed by atoms with Crippen molar-refractivity contribution in [2.24, 2.45) is 5.73 Å². The molecule has 3 nitrogen and oxygen atoms in total. The average molecular weight is 284 g/mol. The van der Waals surface area contributed by atoms with Crippen molar-refractivity contribution in [2.75, 3.05) is 0 Å². The van der Waals surface area contributed by atoms with Crippen LogP contribution in [0.25, 0.3) is 11.3 Å². The van der Waals surface area contributed by atoms with E-state index in [9.17, 15) is 4.79 Å². The molecule has 0 aliphatic rings. The number of hydrogen-bond donors (Lipinski definition) is 1. The van der Waals surface area contributed by atoms with Crippen LogP contribution >= 0.6 is 0 Å². The standard InChI is InChI=1S/C18H24N2O/c1-4-12-20-17(11-10-16(13(3)19)18(20)21)15-8-6-14(5-2)7-9-15/h6-11,13H,4-5,12,19H2,1-3H3. The molecule has 1 atom stereocenters. The second kappa shape index (κ2) is 6.72. The fraction of sp³-hybridized carbons (Fsp3) is 0.389. The number of aryl methyl sites for hydroxylation is 1. The maximum absolute atomic E-state index is 12.6. The van der Waals surface area contributed by atoms with Crippen molar-refractivity contribution in [1.82, 2.24) is 4.57 Å². The zero-order valence-electron chi connectivity index (χ0n) is 13.1. The third-order valence-corrected chi connectivity index (χ3v) is 3.80. The van der Waals surface area contributed by atoms with Gasteiger partial charge < -0.3 is 10.3 Å². The minimum absolute atomic E-state index is 0.0314. The summed E-state index contributed by atoms with van der Waals surface area (Å²) in [7, 11) is 0. The fourth-order valence-electron chi connectivity index (χ4n) is 2.55. The van der Waals surface area contributed by atoms with E-state index in [1.54, 1.807) is 0 Å². The maximum atomic E-state index is 12.6. The molecule has 0 spiro atoms. The van der Waals surface area contributed by atoms with Gasteiger partial charge in [0.25, 0.3) is 5.56 Å². The van der Waals surface area contributed by atoms with Gasteiger partial charge in [0, 0.05) is 18.2 Å². The number of hydrogen-bond acceptors (Lipinski definition) is 2. The number of pyridine rings is 1. The third kappa shape index (κ3) is 3.24. The van der Waals surface area contributed by atoms with Crippen LogP contribution in [0.1, 0.15) is 44.4 Å². The quantitative estimate of drug-likeness (QED) is 0.913. The van der Waals surface area contributed by atoms with E-state index in [-0.39, 0.29) is 11.6 Å². The van der Waals surface area contributed by atoms with Gasteiger partial charge >= 0.3 is 0 Å². The van der Waals surface area contributed by atoms with Crippen LogP contribution in [0.3, 0.4) is 0 Å². The van der Waals surface area contributed by atoms with Crippen LogP contribution in [-0.4, -0.2) is 4.57 Å². The molecule has 112 valence electrons. The second-order valence-electron chi connectivity index (χ2n) is 5.47. The smallest absolute Gasteiger partial charge is 0.255 e. The SMILES string of the molecule is CCCn1c(-c2ccc(CC)cc2)ccc(C(C)N)c1=O. The first-order valence-electron chi connectivity index (χ1n) is 7.67. The van der Waals surface area contributed by atoms with Gasteiger partial charge in [0.2, 0.25) is 0 Å². The highest BCUT2D eigenvalue weighted by Gasteiger charge is 2.12. The number of rotatable bonds is 5. The summed E-state index contributed by atoms with van der Waals surface area (Å²) < 4.78 is 1.85. The van der Waals surface area contributed by atoms with Crippen LogP contribution < -0.4 is 11.3 Å². The zero-order valence-corrected chi connectivity index (χ0v) is 13.1. The number of nitrogens with zero attached hydrogens (tertiary/aromatic N) is 1. The molecule has 1 aromatic heterocycles. The number of benzene rings is 1. The molecule has 0 saturated carbocycles. The van der Waals surface area contributed by atoms with E-state index in [0.29, 0.717) is 12.1 Å². The molecular weight excluding hydrogens is 260 g/mol. The van der Waals surface area contributed by atoms with Gasteiger partial charge in [-0.2, -0.15) is 0 Å². The lowest BCUT2D eigenvalue weighted by molar-refractivity contribution is 0.643. The molecule has 0 radical (unpaired) electrons. The summed E-state index contributed by atoms with van der Waals surface area (Å²) in [6.07, 6.45) is 1.94. The lowest BCUT2D eigenvalue weighted by atomic mass is 10.0. The Morgan fingerprint density at radius 1 is 1.10 bits per heavy atom. The molecule has 2 aromatic rings. The van der Waals surface area contributed by atoms with Crippen LogP contribution in [0.15, 0.2) is 41.2 Å². The predicted octanol–water partition coefficient (Wildman–Crippen LogP) is 3.51. The Hall–Kier alpha value is -1.87. The van der Waals surface area contributed by atoms with E-state index in [0.717, 1.165) is 24.1 Å². The van der Waals surface area contributed by atoms with Gasteiger partial charge in [-0.05, 0) is 43.0 Å². The molecule has 0 fully saturated rings. The lowest BCUT2D eigenvalue weighted by Crippen LogP contribution is -2.28. The maximum Gasteiger partial charge on any atom is 0.255 e. The Labute approximate surface area is 126 Å². The van der Waals surface area contributed by atoms with Gasteiger partial charge in [0.05, 0.1) is 5.69 Å². The summed E-state index contributed by atoms with van der Waals surface area (Å²) in [4.78, 5) is 12.6. The normalized spacial score (nSPS) is 12.4. The van der Waals surface area contributed by atoms with E-state index in [2.05, 4.69) is 38.1 Å². The Balaban J connectivity index is 2.56. The Morgan fingerprint density at radius 2 is 1.76 bits per heavy atom. The van der Waals surface area contributed by atoms with Crippen molar-refractivity contribution in [3.05, 3.63) is 57.9 Å². The summed E-state index contributed by atoms with van der Waals surface area (Å²) in [5.74, 6) is 0. The first-order valence-corrected chi connectivity index (χ1v) is 7.67. The van der Waals surface area contributed by atoms with E-state index >= 15 is 0 Å². The summed E-state index contributed by atoms with van der Waals surface area (Å²) in [6, 6.07) is 12.1. The summed E-state index contributed by atoms with van der Waals surface area (Å²) in [5.41, 5.74) is 9.95. The Morgan fingerprint density at radius 3 is 2.29 bits per heavy atom. The molecule has 0 amide bonds.